The molecule has 0 aliphatic carbocycles. The van der Waals surface area contributed by atoms with Crippen LogP contribution in [0.1, 0.15) is 0 Å². The van der Waals surface area contributed by atoms with E-state index in [4.69, 9.17) is 33.1 Å². The summed E-state index contributed by atoms with van der Waals surface area (Å²) in [4.78, 5) is 27.7. The Kier molecular flexibility index (Phi) is 14.7. The molecule has 0 aliphatic heterocycles. The summed E-state index contributed by atoms with van der Waals surface area (Å²) in [6.45, 7) is 15.6. The van der Waals surface area contributed by atoms with Crippen molar-refractivity contribution in [1.29, 1.82) is 0 Å². The number of para-hydroxylation sites is 6. The fraction of sp³-hybridized carbons (Fsp3) is 0. The zero-order chi connectivity index (χ0) is 69.2. The van der Waals surface area contributed by atoms with Crippen molar-refractivity contribution < 1.29 is 0 Å². The summed E-state index contributed by atoms with van der Waals surface area (Å²) in [5.74, 6) is 1.39. The molecule has 0 radical (unpaired) electrons. The predicted molar refractivity (Wildman–Crippen MR) is 427 cm³/mol. The number of aromatic nitrogens is 8. The number of nitrogens with zero attached hydrogens (tertiary/aromatic N) is 10. The molecule has 14 aromatic carbocycles. The maximum absolute atomic E-state index is 7.94. The van der Waals surface area contributed by atoms with E-state index in [2.05, 4.69) is 265 Å². The number of hydrogen-bond donors (Lipinski definition) is 0. The van der Waals surface area contributed by atoms with Gasteiger partial charge in [-0.05, 0) is 91.0 Å². The highest BCUT2D eigenvalue weighted by molar-refractivity contribution is 6.28. The number of fused-ring (bicyclic) bond motifs is 14. The summed E-state index contributed by atoms with van der Waals surface area (Å²) < 4.78 is 9.31. The Morgan fingerprint density at radius 1 is 0.231 bits per heavy atom. The zero-order valence-electron chi connectivity index (χ0n) is 56.0. The fourth-order valence-electron chi connectivity index (χ4n) is 15.2. The average Bonchev–Trinajstić information content (AvgIpc) is 1.55. The number of benzene rings is 14. The molecule has 20 rings (SSSR count). The van der Waals surface area contributed by atoms with Crippen molar-refractivity contribution >= 4 is 98.6 Å². The monoisotopic (exact) mass is 1330 g/mol. The van der Waals surface area contributed by atoms with Crippen molar-refractivity contribution in [3.05, 3.63) is 375 Å². The molecule has 20 aromatic rings. The highest BCUT2D eigenvalue weighted by Gasteiger charge is 2.25. The van der Waals surface area contributed by atoms with Crippen molar-refractivity contribution in [3.8, 4) is 90.6 Å². The maximum atomic E-state index is 7.94. The third-order valence-corrected chi connectivity index (χ3v) is 19.9. The second-order valence-electron chi connectivity index (χ2n) is 25.8. The van der Waals surface area contributed by atoms with Crippen molar-refractivity contribution in [2.24, 2.45) is 0 Å². The SMILES string of the molecule is [C-]#[N+]c1cccc(-n2c3ccccc3c3c2ccc2c4ccccc4n(-c4ccc(-c5cc(-c6ccccc6)nc(-c6ccccc6)n5)cc4)c23)c1.[C-]#[N+]c1ccccc1-n1c2ccccc2c2c1ccc1c3ccccc3n(-c3ccc(-c4cc(-c5ccccc5)nc(-c5ccccc5)n4)cc3)c12. The van der Waals surface area contributed by atoms with Crippen molar-refractivity contribution in [1.82, 2.24) is 38.2 Å². The molecule has 0 fully saturated rings. The Bertz CT molecular complexity index is 6720. The van der Waals surface area contributed by atoms with Gasteiger partial charge in [0.15, 0.2) is 17.3 Å². The lowest BCUT2D eigenvalue weighted by atomic mass is 10.1. The highest BCUT2D eigenvalue weighted by atomic mass is 15.0. The third kappa shape index (κ3) is 10.2. The second-order valence-corrected chi connectivity index (χ2v) is 25.8. The van der Waals surface area contributed by atoms with Crippen molar-refractivity contribution in [3.63, 3.8) is 0 Å². The first-order valence-electron chi connectivity index (χ1n) is 34.6. The largest absolute Gasteiger partial charge is 0.319 e. The molecular weight excluding hydrogens is 1270 g/mol. The van der Waals surface area contributed by atoms with E-state index < -0.39 is 0 Å². The maximum Gasteiger partial charge on any atom is 0.210 e. The summed E-state index contributed by atoms with van der Waals surface area (Å²) in [6.07, 6.45) is 0. The molecule has 10 heteroatoms. The van der Waals surface area contributed by atoms with Gasteiger partial charge in [-0.2, -0.15) is 0 Å². The van der Waals surface area contributed by atoms with Crippen LogP contribution in [0.3, 0.4) is 0 Å². The lowest BCUT2D eigenvalue weighted by Crippen LogP contribution is -1.97. The van der Waals surface area contributed by atoms with Crippen LogP contribution in [0.2, 0.25) is 0 Å². The zero-order valence-corrected chi connectivity index (χ0v) is 56.0. The van der Waals surface area contributed by atoms with E-state index in [-0.39, 0.29) is 0 Å². The van der Waals surface area contributed by atoms with E-state index in [1.165, 1.54) is 32.3 Å². The van der Waals surface area contributed by atoms with Crippen LogP contribution in [0.5, 0.6) is 0 Å². The van der Waals surface area contributed by atoms with E-state index >= 15 is 0 Å². The molecule has 0 saturated heterocycles. The van der Waals surface area contributed by atoms with E-state index in [0.29, 0.717) is 23.0 Å². The lowest BCUT2D eigenvalue weighted by molar-refractivity contribution is 1.17. The minimum atomic E-state index is 0.620. The van der Waals surface area contributed by atoms with Gasteiger partial charge in [0.05, 0.1) is 85.7 Å². The van der Waals surface area contributed by atoms with Crippen LogP contribution in [0.4, 0.5) is 11.4 Å². The lowest BCUT2D eigenvalue weighted by Gasteiger charge is -2.12. The van der Waals surface area contributed by atoms with Gasteiger partial charge < -0.3 is 18.3 Å². The van der Waals surface area contributed by atoms with Crippen LogP contribution in [0.15, 0.2) is 352 Å². The van der Waals surface area contributed by atoms with Crippen LogP contribution >= 0.6 is 0 Å². The molecule has 0 amide bonds. The minimum Gasteiger partial charge on any atom is -0.319 e. The van der Waals surface area contributed by atoms with Crippen molar-refractivity contribution in [2.75, 3.05) is 0 Å². The number of hydrogen-bond acceptors (Lipinski definition) is 4. The molecule has 0 aliphatic rings. The molecule has 0 atom stereocenters. The summed E-state index contributed by atoms with van der Waals surface area (Å²) >= 11 is 0. The quantitative estimate of drug-likeness (QED) is 0.128. The standard InChI is InChI=1S/2C47H29N5/c1-48-38-20-10-13-23-43(38)52-42-22-12-9-19-37(42)45-44(52)29-28-36-35-18-8-11-21-41(35)51(46(36)45)34-26-24-32(25-27-34)40-30-39(31-14-4-2-5-15-31)49-47(50-40)33-16-6-3-7-17-33;1-48-34-17-12-18-36(29-34)51-43-22-11-9-20-39(43)45-44(51)28-27-38-37-19-8-10-21-42(37)52(46(38)45)35-25-23-32(24-26-35)41-30-40(31-13-4-2-5-14-31)49-47(50-41)33-15-6-3-7-16-33/h2*2-30H. The molecule has 484 valence electrons. The molecule has 104 heavy (non-hydrogen) atoms. The van der Waals surface area contributed by atoms with Crippen LogP contribution in [0, 0.1) is 13.1 Å². The molecule has 0 bridgehead atoms. The molecule has 0 spiro atoms. The molecule has 0 N–H and O–H groups in total. The normalized spacial score (nSPS) is 11.4. The van der Waals surface area contributed by atoms with E-state index in [0.717, 1.165) is 134 Å². The Hall–Kier alpha value is -14.6. The van der Waals surface area contributed by atoms with E-state index in [1.807, 2.05) is 115 Å². The Morgan fingerprint density at radius 3 is 1.04 bits per heavy atom. The van der Waals surface area contributed by atoms with Crippen LogP contribution in [-0.2, 0) is 0 Å². The highest BCUT2D eigenvalue weighted by Crippen LogP contribution is 2.46. The molecule has 0 saturated carbocycles. The summed E-state index contributed by atoms with van der Waals surface area (Å²) in [7, 11) is 0. The van der Waals surface area contributed by atoms with Gasteiger partial charge in [-0.25, -0.2) is 29.6 Å². The first kappa shape index (κ1) is 60.6. The summed E-state index contributed by atoms with van der Waals surface area (Å²) in [6, 6.07) is 121. The topological polar surface area (TPSA) is 80.0 Å². The van der Waals surface area contributed by atoms with Crippen LogP contribution in [-0.4, -0.2) is 38.2 Å². The fourth-order valence-corrected chi connectivity index (χ4v) is 15.2. The molecule has 6 aromatic heterocycles. The second kappa shape index (κ2) is 25.3. The number of rotatable bonds is 10. The van der Waals surface area contributed by atoms with Gasteiger partial charge >= 0.3 is 0 Å². The third-order valence-electron chi connectivity index (χ3n) is 19.9. The summed E-state index contributed by atoms with van der Waals surface area (Å²) in [5.41, 5.74) is 23.7. The van der Waals surface area contributed by atoms with E-state index in [9.17, 15) is 0 Å². The van der Waals surface area contributed by atoms with Gasteiger partial charge in [-0.3, -0.25) is 0 Å². The van der Waals surface area contributed by atoms with Crippen molar-refractivity contribution in [2.45, 2.75) is 0 Å². The Morgan fingerprint density at radius 2 is 0.596 bits per heavy atom. The summed E-state index contributed by atoms with van der Waals surface area (Å²) in [5, 5.41) is 9.42. The van der Waals surface area contributed by atoms with E-state index in [1.54, 1.807) is 0 Å². The van der Waals surface area contributed by atoms with Gasteiger partial charge in [0.2, 0.25) is 5.69 Å². The van der Waals surface area contributed by atoms with Gasteiger partial charge in [-0.15, -0.1) is 0 Å². The average molecular weight is 1330 g/mol. The molecule has 0 unspecified atom stereocenters. The Balaban J connectivity index is 0.000000143. The first-order valence-corrected chi connectivity index (χ1v) is 34.6. The van der Waals surface area contributed by atoms with Gasteiger partial charge in [0.25, 0.3) is 0 Å². The molecular formula is C94H58N10. The van der Waals surface area contributed by atoms with Crippen LogP contribution in [0.25, 0.3) is 187 Å². The van der Waals surface area contributed by atoms with Crippen LogP contribution < -0.4 is 0 Å². The first-order chi connectivity index (χ1) is 51.5. The Labute approximate surface area is 598 Å². The van der Waals surface area contributed by atoms with Gasteiger partial charge in [-0.1, -0.05) is 261 Å². The van der Waals surface area contributed by atoms with Gasteiger partial charge in [0, 0.05) is 93.5 Å². The molecule has 10 nitrogen and oxygen atoms in total. The molecule has 6 heterocycles. The predicted octanol–water partition coefficient (Wildman–Crippen LogP) is 24.4. The smallest absolute Gasteiger partial charge is 0.210 e. The minimum absolute atomic E-state index is 0.620. The van der Waals surface area contributed by atoms with Gasteiger partial charge in [0.1, 0.15) is 0 Å².